The SMILES string of the molecule is COCc1c(C(=O)Nc2ccc(Br)c(C)c2)oc2ccccc12. The van der Waals surface area contributed by atoms with Crippen LogP contribution in [0.3, 0.4) is 0 Å². The molecule has 4 nitrogen and oxygen atoms in total. The Labute approximate surface area is 142 Å². The van der Waals surface area contributed by atoms with Crippen LogP contribution in [0.15, 0.2) is 51.4 Å². The average molecular weight is 374 g/mol. The maximum atomic E-state index is 12.6. The maximum Gasteiger partial charge on any atom is 0.291 e. The van der Waals surface area contributed by atoms with Gasteiger partial charge in [-0.2, -0.15) is 0 Å². The summed E-state index contributed by atoms with van der Waals surface area (Å²) in [5.41, 5.74) is 3.20. The number of furan rings is 1. The van der Waals surface area contributed by atoms with Gasteiger partial charge < -0.3 is 14.5 Å². The number of ether oxygens (including phenoxy) is 1. The van der Waals surface area contributed by atoms with Gasteiger partial charge in [-0.15, -0.1) is 0 Å². The Kier molecular flexibility index (Phi) is 4.50. The van der Waals surface area contributed by atoms with Gasteiger partial charge in [0.1, 0.15) is 5.58 Å². The van der Waals surface area contributed by atoms with Crippen molar-refractivity contribution in [1.29, 1.82) is 0 Å². The summed E-state index contributed by atoms with van der Waals surface area (Å²) >= 11 is 3.45. The fourth-order valence-electron chi connectivity index (χ4n) is 2.48. The lowest BCUT2D eigenvalue weighted by atomic mass is 10.1. The largest absolute Gasteiger partial charge is 0.451 e. The molecule has 3 rings (SSSR count). The minimum absolute atomic E-state index is 0.282. The number of fused-ring (bicyclic) bond motifs is 1. The van der Waals surface area contributed by atoms with E-state index in [1.54, 1.807) is 7.11 Å². The quantitative estimate of drug-likeness (QED) is 0.707. The number of methoxy groups -OCH3 is 1. The lowest BCUT2D eigenvalue weighted by molar-refractivity contribution is 0.0992. The zero-order chi connectivity index (χ0) is 16.4. The van der Waals surface area contributed by atoms with Gasteiger partial charge in [-0.3, -0.25) is 4.79 Å². The van der Waals surface area contributed by atoms with E-state index >= 15 is 0 Å². The molecular weight excluding hydrogens is 358 g/mol. The second-order valence-electron chi connectivity index (χ2n) is 5.26. The normalized spacial score (nSPS) is 10.9. The van der Waals surface area contributed by atoms with E-state index < -0.39 is 0 Å². The van der Waals surface area contributed by atoms with E-state index in [1.165, 1.54) is 0 Å². The first kappa shape index (κ1) is 15.8. The van der Waals surface area contributed by atoms with E-state index in [0.29, 0.717) is 12.2 Å². The first-order valence-corrected chi connectivity index (χ1v) is 7.96. The van der Waals surface area contributed by atoms with Gasteiger partial charge in [-0.25, -0.2) is 0 Å². The molecule has 0 aliphatic heterocycles. The Bertz CT molecular complexity index is 870. The van der Waals surface area contributed by atoms with Gasteiger partial charge >= 0.3 is 0 Å². The van der Waals surface area contributed by atoms with Crippen molar-refractivity contribution in [1.82, 2.24) is 0 Å². The third kappa shape index (κ3) is 3.16. The van der Waals surface area contributed by atoms with Gasteiger partial charge in [-0.05, 0) is 36.8 Å². The molecular formula is C18H16BrNO3. The zero-order valence-electron chi connectivity index (χ0n) is 12.9. The van der Waals surface area contributed by atoms with Crippen molar-refractivity contribution in [2.24, 2.45) is 0 Å². The fraction of sp³-hybridized carbons (Fsp3) is 0.167. The van der Waals surface area contributed by atoms with Crippen LogP contribution in [0, 0.1) is 6.92 Å². The fourth-order valence-corrected chi connectivity index (χ4v) is 2.73. The molecule has 0 saturated carbocycles. The smallest absolute Gasteiger partial charge is 0.291 e. The number of amides is 1. The zero-order valence-corrected chi connectivity index (χ0v) is 14.4. The Balaban J connectivity index is 1.96. The second-order valence-corrected chi connectivity index (χ2v) is 6.11. The Hall–Kier alpha value is -2.11. The van der Waals surface area contributed by atoms with Crippen molar-refractivity contribution in [2.45, 2.75) is 13.5 Å². The molecule has 0 spiro atoms. The van der Waals surface area contributed by atoms with Crippen LogP contribution in [-0.2, 0) is 11.3 Å². The number of halogens is 1. The monoisotopic (exact) mass is 373 g/mol. The van der Waals surface area contributed by atoms with Gasteiger partial charge in [-0.1, -0.05) is 34.1 Å². The third-order valence-corrected chi connectivity index (χ3v) is 4.50. The number of hydrogen-bond donors (Lipinski definition) is 1. The van der Waals surface area contributed by atoms with Crippen LogP contribution in [0.1, 0.15) is 21.7 Å². The van der Waals surface area contributed by atoms with Crippen LogP contribution in [0.5, 0.6) is 0 Å². The van der Waals surface area contributed by atoms with E-state index in [1.807, 2.05) is 49.4 Å². The van der Waals surface area contributed by atoms with Crippen LogP contribution in [-0.4, -0.2) is 13.0 Å². The highest BCUT2D eigenvalue weighted by Gasteiger charge is 2.20. The topological polar surface area (TPSA) is 51.5 Å². The van der Waals surface area contributed by atoms with E-state index in [9.17, 15) is 4.79 Å². The molecule has 1 N–H and O–H groups in total. The molecule has 118 valence electrons. The minimum Gasteiger partial charge on any atom is -0.451 e. The molecule has 5 heteroatoms. The molecule has 1 amide bonds. The molecule has 3 aromatic rings. The van der Waals surface area contributed by atoms with Gasteiger partial charge in [0.05, 0.1) is 6.61 Å². The number of carbonyl (C=O) groups is 1. The molecule has 0 radical (unpaired) electrons. The molecule has 0 atom stereocenters. The van der Waals surface area contributed by atoms with Crippen molar-refractivity contribution in [3.05, 3.63) is 63.8 Å². The van der Waals surface area contributed by atoms with Gasteiger partial charge in [0.25, 0.3) is 5.91 Å². The predicted molar refractivity (Wildman–Crippen MR) is 93.8 cm³/mol. The lowest BCUT2D eigenvalue weighted by Gasteiger charge is -2.07. The van der Waals surface area contributed by atoms with Crippen LogP contribution < -0.4 is 5.32 Å². The molecule has 0 unspecified atom stereocenters. The molecule has 1 heterocycles. The highest BCUT2D eigenvalue weighted by Crippen LogP contribution is 2.28. The summed E-state index contributed by atoms with van der Waals surface area (Å²) in [5.74, 6) is 0.00333. The van der Waals surface area contributed by atoms with Crippen molar-refractivity contribution in [2.75, 3.05) is 12.4 Å². The first-order valence-electron chi connectivity index (χ1n) is 7.17. The molecule has 0 bridgehead atoms. The van der Waals surface area contributed by atoms with Gasteiger partial charge in [0.15, 0.2) is 5.76 Å². The number of carbonyl (C=O) groups excluding carboxylic acids is 1. The summed E-state index contributed by atoms with van der Waals surface area (Å²) < 4.78 is 12.0. The summed E-state index contributed by atoms with van der Waals surface area (Å²) in [6.07, 6.45) is 0. The van der Waals surface area contributed by atoms with Crippen molar-refractivity contribution in [3.8, 4) is 0 Å². The summed E-state index contributed by atoms with van der Waals surface area (Å²) in [6, 6.07) is 13.2. The third-order valence-electron chi connectivity index (χ3n) is 3.61. The average Bonchev–Trinajstić information content (AvgIpc) is 2.90. The van der Waals surface area contributed by atoms with Crippen molar-refractivity contribution >= 4 is 38.5 Å². The van der Waals surface area contributed by atoms with Crippen LogP contribution >= 0.6 is 15.9 Å². The minimum atomic E-state index is -0.282. The number of benzene rings is 2. The van der Waals surface area contributed by atoms with E-state index in [0.717, 1.165) is 26.7 Å². The predicted octanol–water partition coefficient (Wildman–Crippen LogP) is 4.90. The number of aryl methyl sites for hydroxylation is 1. The number of anilines is 1. The standard InChI is InChI=1S/C18H16BrNO3/c1-11-9-12(7-8-15(11)19)20-18(21)17-14(10-22-2)13-5-3-4-6-16(13)23-17/h3-9H,10H2,1-2H3,(H,20,21). The molecule has 2 aromatic carbocycles. The number of hydrogen-bond acceptors (Lipinski definition) is 3. The molecule has 1 aromatic heterocycles. The molecule has 0 saturated heterocycles. The lowest BCUT2D eigenvalue weighted by Crippen LogP contribution is -2.13. The van der Waals surface area contributed by atoms with Gasteiger partial charge in [0.2, 0.25) is 0 Å². The second kappa shape index (κ2) is 6.56. The van der Waals surface area contributed by atoms with E-state index in [-0.39, 0.29) is 11.7 Å². The van der Waals surface area contributed by atoms with Crippen LogP contribution in [0.2, 0.25) is 0 Å². The number of para-hydroxylation sites is 1. The molecule has 23 heavy (non-hydrogen) atoms. The van der Waals surface area contributed by atoms with Crippen molar-refractivity contribution < 1.29 is 13.9 Å². The van der Waals surface area contributed by atoms with Crippen LogP contribution in [0.25, 0.3) is 11.0 Å². The van der Waals surface area contributed by atoms with E-state index in [4.69, 9.17) is 9.15 Å². The highest BCUT2D eigenvalue weighted by molar-refractivity contribution is 9.10. The summed E-state index contributed by atoms with van der Waals surface area (Å²) in [4.78, 5) is 12.6. The molecule has 0 aliphatic carbocycles. The summed E-state index contributed by atoms with van der Waals surface area (Å²) in [5, 5.41) is 3.77. The number of rotatable bonds is 4. The Morgan fingerprint density at radius 2 is 2.04 bits per heavy atom. The van der Waals surface area contributed by atoms with Crippen LogP contribution in [0.4, 0.5) is 5.69 Å². The summed E-state index contributed by atoms with van der Waals surface area (Å²) in [7, 11) is 1.60. The van der Waals surface area contributed by atoms with Crippen molar-refractivity contribution in [3.63, 3.8) is 0 Å². The molecule has 0 aliphatic rings. The van der Waals surface area contributed by atoms with E-state index in [2.05, 4.69) is 21.2 Å². The maximum absolute atomic E-state index is 12.6. The Morgan fingerprint density at radius 1 is 1.26 bits per heavy atom. The summed E-state index contributed by atoms with van der Waals surface area (Å²) in [6.45, 7) is 2.29. The number of nitrogens with one attached hydrogen (secondary N) is 1. The first-order chi connectivity index (χ1) is 11.1. The van der Waals surface area contributed by atoms with Gasteiger partial charge in [0, 0.05) is 28.2 Å². The Morgan fingerprint density at radius 3 is 2.78 bits per heavy atom. The molecule has 0 fully saturated rings. The highest BCUT2D eigenvalue weighted by atomic mass is 79.9.